The van der Waals surface area contributed by atoms with Gasteiger partial charge in [-0.05, 0) is 42.8 Å². The van der Waals surface area contributed by atoms with Gasteiger partial charge in [-0.2, -0.15) is 0 Å². The van der Waals surface area contributed by atoms with E-state index in [1.165, 1.54) is 30.3 Å². The Hall–Kier alpha value is -2.89. The SMILES string of the molecule is Cc1cccnc1NC(=O)C(=O)N(C)c1ccc(O)cc1. The number of carbonyl (C=O) groups is 2. The first-order valence-electron chi connectivity index (χ1n) is 6.28. The number of carbonyl (C=O) groups excluding carboxylic acids is 2. The van der Waals surface area contributed by atoms with Crippen LogP contribution in [-0.2, 0) is 9.59 Å². The second-order valence-corrected chi connectivity index (χ2v) is 4.50. The van der Waals surface area contributed by atoms with Crippen LogP contribution in [0.2, 0.25) is 0 Å². The standard InChI is InChI=1S/C15H15N3O3/c1-10-4-3-9-16-13(10)17-14(20)15(21)18(2)11-5-7-12(19)8-6-11/h3-9,19H,1-2H3,(H,16,17,20). The summed E-state index contributed by atoms with van der Waals surface area (Å²) in [7, 11) is 1.49. The Kier molecular flexibility index (Phi) is 4.18. The summed E-state index contributed by atoms with van der Waals surface area (Å²) in [5.74, 6) is -1.04. The number of hydrogen-bond acceptors (Lipinski definition) is 4. The van der Waals surface area contributed by atoms with E-state index in [4.69, 9.17) is 0 Å². The first-order chi connectivity index (χ1) is 9.99. The van der Waals surface area contributed by atoms with Crippen LogP contribution in [0.25, 0.3) is 0 Å². The maximum absolute atomic E-state index is 12.1. The molecule has 0 radical (unpaired) electrons. The van der Waals surface area contributed by atoms with Crippen LogP contribution in [0, 0.1) is 6.92 Å². The normalized spacial score (nSPS) is 10.0. The lowest BCUT2D eigenvalue weighted by molar-refractivity contribution is -0.134. The van der Waals surface area contributed by atoms with Crippen LogP contribution in [0.3, 0.4) is 0 Å². The fraction of sp³-hybridized carbons (Fsp3) is 0.133. The number of amides is 2. The molecule has 0 saturated carbocycles. The average molecular weight is 285 g/mol. The highest BCUT2D eigenvalue weighted by Gasteiger charge is 2.20. The summed E-state index contributed by atoms with van der Waals surface area (Å²) in [4.78, 5) is 29.2. The number of hydrogen-bond donors (Lipinski definition) is 2. The van der Waals surface area contributed by atoms with Gasteiger partial charge in [0.2, 0.25) is 0 Å². The van der Waals surface area contributed by atoms with Crippen LogP contribution in [0.4, 0.5) is 11.5 Å². The molecule has 2 rings (SSSR count). The maximum atomic E-state index is 12.1. The van der Waals surface area contributed by atoms with Gasteiger partial charge < -0.3 is 15.3 Å². The first-order valence-corrected chi connectivity index (χ1v) is 6.28. The molecular formula is C15H15N3O3. The fourth-order valence-electron chi connectivity index (χ4n) is 1.72. The Morgan fingerprint density at radius 3 is 2.48 bits per heavy atom. The van der Waals surface area contributed by atoms with Crippen molar-refractivity contribution in [3.8, 4) is 5.75 Å². The molecule has 0 fully saturated rings. The van der Waals surface area contributed by atoms with E-state index in [0.717, 1.165) is 5.56 Å². The van der Waals surface area contributed by atoms with Gasteiger partial charge in [0.25, 0.3) is 0 Å². The second-order valence-electron chi connectivity index (χ2n) is 4.50. The molecular weight excluding hydrogens is 270 g/mol. The Balaban J connectivity index is 2.10. The molecule has 0 aliphatic carbocycles. The largest absolute Gasteiger partial charge is 0.508 e. The summed E-state index contributed by atoms with van der Waals surface area (Å²) in [6.07, 6.45) is 1.54. The van der Waals surface area contributed by atoms with E-state index in [-0.39, 0.29) is 5.75 Å². The van der Waals surface area contributed by atoms with Gasteiger partial charge in [-0.3, -0.25) is 9.59 Å². The number of phenolic OH excluding ortho intramolecular Hbond substituents is 1. The van der Waals surface area contributed by atoms with Gasteiger partial charge in [0.1, 0.15) is 11.6 Å². The number of pyridine rings is 1. The van der Waals surface area contributed by atoms with Crippen molar-refractivity contribution >= 4 is 23.3 Å². The van der Waals surface area contributed by atoms with E-state index in [9.17, 15) is 14.7 Å². The topological polar surface area (TPSA) is 82.5 Å². The number of aryl methyl sites for hydroxylation is 1. The minimum Gasteiger partial charge on any atom is -0.508 e. The van der Waals surface area contributed by atoms with Gasteiger partial charge in [-0.1, -0.05) is 6.07 Å². The predicted molar refractivity (Wildman–Crippen MR) is 79.1 cm³/mol. The lowest BCUT2D eigenvalue weighted by Gasteiger charge is -2.17. The number of nitrogens with zero attached hydrogens (tertiary/aromatic N) is 2. The van der Waals surface area contributed by atoms with E-state index in [1.54, 1.807) is 31.2 Å². The van der Waals surface area contributed by atoms with Crippen molar-refractivity contribution in [1.29, 1.82) is 0 Å². The molecule has 0 bridgehead atoms. The van der Waals surface area contributed by atoms with Gasteiger partial charge in [0.15, 0.2) is 0 Å². The zero-order valence-electron chi connectivity index (χ0n) is 11.7. The van der Waals surface area contributed by atoms with Crippen LogP contribution in [-0.4, -0.2) is 29.0 Å². The van der Waals surface area contributed by atoms with E-state index in [2.05, 4.69) is 10.3 Å². The number of aromatic hydroxyl groups is 1. The molecule has 1 heterocycles. The summed E-state index contributed by atoms with van der Waals surface area (Å²) in [6.45, 7) is 1.79. The second kappa shape index (κ2) is 6.04. The van der Waals surface area contributed by atoms with Crippen molar-refractivity contribution in [3.05, 3.63) is 48.2 Å². The van der Waals surface area contributed by atoms with E-state index in [0.29, 0.717) is 11.5 Å². The highest BCUT2D eigenvalue weighted by atomic mass is 16.3. The Labute approximate surface area is 122 Å². The molecule has 6 heteroatoms. The van der Waals surface area contributed by atoms with Gasteiger partial charge >= 0.3 is 11.8 Å². The molecule has 6 nitrogen and oxygen atoms in total. The molecule has 0 atom stereocenters. The zero-order valence-corrected chi connectivity index (χ0v) is 11.7. The fourth-order valence-corrected chi connectivity index (χ4v) is 1.72. The average Bonchev–Trinajstić information content (AvgIpc) is 2.49. The van der Waals surface area contributed by atoms with Crippen LogP contribution < -0.4 is 10.2 Å². The number of phenols is 1. The van der Waals surface area contributed by atoms with Crippen LogP contribution in [0.15, 0.2) is 42.6 Å². The highest BCUT2D eigenvalue weighted by molar-refractivity contribution is 6.44. The zero-order chi connectivity index (χ0) is 15.4. The lowest BCUT2D eigenvalue weighted by Crippen LogP contribution is -2.37. The van der Waals surface area contributed by atoms with Crippen molar-refractivity contribution in [2.24, 2.45) is 0 Å². The molecule has 2 aromatic rings. The smallest absolute Gasteiger partial charge is 0.316 e. The van der Waals surface area contributed by atoms with Crippen molar-refractivity contribution in [3.63, 3.8) is 0 Å². The molecule has 2 amide bonds. The molecule has 1 aromatic heterocycles. The van der Waals surface area contributed by atoms with Crippen molar-refractivity contribution < 1.29 is 14.7 Å². The molecule has 2 N–H and O–H groups in total. The van der Waals surface area contributed by atoms with E-state index in [1.807, 2.05) is 0 Å². The first kappa shape index (κ1) is 14.5. The third-order valence-corrected chi connectivity index (χ3v) is 2.98. The van der Waals surface area contributed by atoms with Gasteiger partial charge in [0.05, 0.1) is 0 Å². The third kappa shape index (κ3) is 3.36. The van der Waals surface area contributed by atoms with Gasteiger partial charge in [-0.25, -0.2) is 4.98 Å². The lowest BCUT2D eigenvalue weighted by atomic mass is 10.2. The number of nitrogens with one attached hydrogen (secondary N) is 1. The Morgan fingerprint density at radius 2 is 1.86 bits per heavy atom. The summed E-state index contributed by atoms with van der Waals surface area (Å²) in [5.41, 5.74) is 1.27. The van der Waals surface area contributed by atoms with Gasteiger partial charge in [0, 0.05) is 18.9 Å². The number of anilines is 2. The molecule has 0 spiro atoms. The van der Waals surface area contributed by atoms with Crippen molar-refractivity contribution in [1.82, 2.24) is 4.98 Å². The monoisotopic (exact) mass is 285 g/mol. The van der Waals surface area contributed by atoms with Crippen LogP contribution >= 0.6 is 0 Å². The minimum atomic E-state index is -0.771. The minimum absolute atomic E-state index is 0.0909. The molecule has 0 saturated heterocycles. The Morgan fingerprint density at radius 1 is 1.19 bits per heavy atom. The summed E-state index contributed by atoms with van der Waals surface area (Å²) in [5, 5.41) is 11.7. The predicted octanol–water partition coefficient (Wildman–Crippen LogP) is 1.70. The quantitative estimate of drug-likeness (QED) is 0.823. The van der Waals surface area contributed by atoms with E-state index >= 15 is 0 Å². The van der Waals surface area contributed by atoms with Crippen molar-refractivity contribution in [2.45, 2.75) is 6.92 Å². The number of rotatable bonds is 2. The molecule has 0 aliphatic heterocycles. The van der Waals surface area contributed by atoms with Crippen molar-refractivity contribution in [2.75, 3.05) is 17.3 Å². The van der Waals surface area contributed by atoms with Crippen LogP contribution in [0.5, 0.6) is 5.75 Å². The summed E-state index contributed by atoms with van der Waals surface area (Å²) in [6, 6.07) is 9.52. The number of likely N-dealkylation sites (N-methyl/N-ethyl adjacent to an activating group) is 1. The molecule has 0 aliphatic rings. The highest BCUT2D eigenvalue weighted by Crippen LogP contribution is 2.17. The Bertz CT molecular complexity index is 668. The van der Waals surface area contributed by atoms with Crippen LogP contribution in [0.1, 0.15) is 5.56 Å². The molecule has 108 valence electrons. The summed E-state index contributed by atoms with van der Waals surface area (Å²) < 4.78 is 0. The van der Waals surface area contributed by atoms with E-state index < -0.39 is 11.8 Å². The molecule has 1 aromatic carbocycles. The maximum Gasteiger partial charge on any atom is 0.316 e. The summed E-state index contributed by atoms with van der Waals surface area (Å²) >= 11 is 0. The number of aromatic nitrogens is 1. The third-order valence-electron chi connectivity index (χ3n) is 2.98. The molecule has 21 heavy (non-hydrogen) atoms. The number of benzene rings is 1. The van der Waals surface area contributed by atoms with Gasteiger partial charge in [-0.15, -0.1) is 0 Å². The molecule has 0 unspecified atom stereocenters.